The van der Waals surface area contributed by atoms with E-state index in [2.05, 4.69) is 46.4 Å². The lowest BCUT2D eigenvalue weighted by molar-refractivity contribution is 0.0951. The highest BCUT2D eigenvalue weighted by Gasteiger charge is 2.24. The van der Waals surface area contributed by atoms with E-state index in [-0.39, 0.29) is 5.91 Å². The number of hydrogen-bond acceptors (Lipinski definition) is 6. The molecule has 0 unspecified atom stereocenters. The molecular formula is C26H29N5OS. The van der Waals surface area contributed by atoms with E-state index in [0.29, 0.717) is 11.8 Å². The summed E-state index contributed by atoms with van der Waals surface area (Å²) in [7, 11) is 2.16. The predicted molar refractivity (Wildman–Crippen MR) is 134 cm³/mol. The first kappa shape index (κ1) is 21.9. The number of nitrogens with zero attached hydrogens (tertiary/aromatic N) is 4. The Morgan fingerprint density at radius 2 is 1.79 bits per heavy atom. The second kappa shape index (κ2) is 9.93. The molecule has 2 fully saturated rings. The fraction of sp³-hybridized carbons (Fsp3) is 0.346. The van der Waals surface area contributed by atoms with Gasteiger partial charge in [-0.25, -0.2) is 9.97 Å². The Hall–Kier alpha value is -2.90. The van der Waals surface area contributed by atoms with Gasteiger partial charge < -0.3 is 15.1 Å². The maximum atomic E-state index is 12.4. The van der Waals surface area contributed by atoms with Gasteiger partial charge in [-0.3, -0.25) is 4.79 Å². The highest BCUT2D eigenvalue weighted by atomic mass is 32.2. The van der Waals surface area contributed by atoms with Crippen molar-refractivity contribution in [3.05, 3.63) is 71.8 Å². The van der Waals surface area contributed by atoms with Crippen LogP contribution in [0.25, 0.3) is 11.3 Å². The van der Waals surface area contributed by atoms with Crippen molar-refractivity contribution in [1.29, 1.82) is 0 Å². The summed E-state index contributed by atoms with van der Waals surface area (Å²) in [5.41, 5.74) is 3.85. The van der Waals surface area contributed by atoms with Crippen LogP contribution in [-0.2, 0) is 5.75 Å². The number of carbonyl (C=O) groups is 1. The number of carbonyl (C=O) groups excluding carboxylic acids is 1. The van der Waals surface area contributed by atoms with Crippen LogP contribution in [0.2, 0.25) is 0 Å². The van der Waals surface area contributed by atoms with Gasteiger partial charge in [0.15, 0.2) is 5.16 Å². The Balaban J connectivity index is 1.36. The first-order chi connectivity index (χ1) is 16.1. The van der Waals surface area contributed by atoms with Gasteiger partial charge in [0.25, 0.3) is 5.91 Å². The van der Waals surface area contributed by atoms with E-state index in [1.165, 1.54) is 0 Å². The van der Waals surface area contributed by atoms with Crippen molar-refractivity contribution in [2.45, 2.75) is 29.8 Å². The lowest BCUT2D eigenvalue weighted by Gasteiger charge is -2.33. The Morgan fingerprint density at radius 1 is 1.00 bits per heavy atom. The van der Waals surface area contributed by atoms with Gasteiger partial charge in [-0.1, -0.05) is 54.2 Å². The molecule has 2 heterocycles. The highest BCUT2D eigenvalue weighted by molar-refractivity contribution is 7.98. The molecule has 33 heavy (non-hydrogen) atoms. The smallest absolute Gasteiger partial charge is 0.251 e. The minimum absolute atomic E-state index is 0.0176. The number of rotatable bonds is 7. The van der Waals surface area contributed by atoms with Crippen LogP contribution in [0.5, 0.6) is 0 Å². The molecule has 0 radical (unpaired) electrons. The summed E-state index contributed by atoms with van der Waals surface area (Å²) >= 11 is 1.62. The lowest BCUT2D eigenvalue weighted by Crippen LogP contribution is -2.44. The number of amides is 1. The van der Waals surface area contributed by atoms with Crippen LogP contribution < -0.4 is 10.2 Å². The van der Waals surface area contributed by atoms with Crippen molar-refractivity contribution in [3.63, 3.8) is 0 Å². The molecule has 7 heteroatoms. The van der Waals surface area contributed by atoms with Crippen LogP contribution in [-0.4, -0.2) is 60.0 Å². The summed E-state index contributed by atoms with van der Waals surface area (Å²) in [6.45, 7) is 3.99. The summed E-state index contributed by atoms with van der Waals surface area (Å²) in [6.07, 6.45) is 2.18. The quantitative estimate of drug-likeness (QED) is 0.424. The molecule has 0 bridgehead atoms. The number of likely N-dealkylation sites (N-methyl/N-ethyl adjacent to an activating group) is 1. The third-order valence-electron chi connectivity index (χ3n) is 6.06. The highest BCUT2D eigenvalue weighted by Crippen LogP contribution is 2.28. The second-order valence-corrected chi connectivity index (χ2v) is 9.73. The van der Waals surface area contributed by atoms with Gasteiger partial charge in [-0.15, -0.1) is 0 Å². The van der Waals surface area contributed by atoms with Crippen molar-refractivity contribution in [3.8, 4) is 11.3 Å². The van der Waals surface area contributed by atoms with Crippen molar-refractivity contribution >= 4 is 23.5 Å². The van der Waals surface area contributed by atoms with E-state index in [4.69, 9.17) is 9.97 Å². The Labute approximate surface area is 199 Å². The van der Waals surface area contributed by atoms with Crippen LogP contribution in [0, 0.1) is 0 Å². The molecule has 6 nitrogen and oxygen atoms in total. The minimum atomic E-state index is 0.0176. The van der Waals surface area contributed by atoms with Crippen LogP contribution in [0.15, 0.2) is 65.8 Å². The zero-order valence-electron chi connectivity index (χ0n) is 18.9. The van der Waals surface area contributed by atoms with Gasteiger partial charge in [0.2, 0.25) is 0 Å². The third kappa shape index (κ3) is 5.72. The number of nitrogens with one attached hydrogen (secondary N) is 1. The Bertz CT molecular complexity index is 1110. The van der Waals surface area contributed by atoms with Crippen LogP contribution in [0.1, 0.15) is 28.8 Å². The zero-order valence-corrected chi connectivity index (χ0v) is 19.7. The summed E-state index contributed by atoms with van der Waals surface area (Å²) in [6, 6.07) is 20.6. The van der Waals surface area contributed by atoms with Crippen molar-refractivity contribution in [2.24, 2.45) is 0 Å². The van der Waals surface area contributed by atoms with Gasteiger partial charge in [0.1, 0.15) is 5.82 Å². The fourth-order valence-corrected chi connectivity index (χ4v) is 4.67. The number of hydrogen-bond donors (Lipinski definition) is 1. The first-order valence-corrected chi connectivity index (χ1v) is 12.5. The second-order valence-electron chi connectivity index (χ2n) is 8.79. The molecule has 5 rings (SSSR count). The maximum absolute atomic E-state index is 12.4. The first-order valence-electron chi connectivity index (χ1n) is 11.5. The number of anilines is 1. The van der Waals surface area contributed by atoms with Gasteiger partial charge in [0.05, 0.1) is 5.69 Å². The zero-order chi connectivity index (χ0) is 22.6. The van der Waals surface area contributed by atoms with E-state index in [0.717, 1.165) is 72.4 Å². The average Bonchev–Trinajstić information content (AvgIpc) is 3.68. The minimum Gasteiger partial charge on any atom is -0.354 e. The number of benzene rings is 2. The fourth-order valence-electron chi connectivity index (χ4n) is 3.88. The molecule has 1 amide bonds. The molecule has 1 saturated heterocycles. The Morgan fingerprint density at radius 3 is 2.55 bits per heavy atom. The molecule has 1 aliphatic carbocycles. The van der Waals surface area contributed by atoms with Crippen molar-refractivity contribution < 1.29 is 4.79 Å². The van der Waals surface area contributed by atoms with Crippen LogP contribution in [0.4, 0.5) is 5.82 Å². The lowest BCUT2D eigenvalue weighted by atomic mass is 10.1. The van der Waals surface area contributed by atoms with Crippen LogP contribution >= 0.6 is 11.8 Å². The molecule has 1 N–H and O–H groups in total. The molecule has 3 aromatic rings. The van der Waals surface area contributed by atoms with E-state index in [1.807, 2.05) is 36.4 Å². The molecule has 170 valence electrons. The topological polar surface area (TPSA) is 61.4 Å². The molecule has 1 saturated carbocycles. The number of aromatic nitrogens is 2. The standard InChI is InChI=1S/C26H29N5OS/c1-30-12-14-31(15-13-30)24-17-23(20-7-3-2-4-8-20)28-26(29-24)33-18-19-6-5-9-21(16-19)25(32)27-22-10-11-22/h2-9,16-17,22H,10-15,18H2,1H3,(H,27,32). The summed E-state index contributed by atoms with van der Waals surface area (Å²) in [5, 5.41) is 3.83. The van der Waals surface area contributed by atoms with Crippen molar-refractivity contribution in [1.82, 2.24) is 20.2 Å². The monoisotopic (exact) mass is 459 g/mol. The van der Waals surface area contributed by atoms with Crippen LogP contribution in [0.3, 0.4) is 0 Å². The predicted octanol–water partition coefficient (Wildman–Crippen LogP) is 4.08. The van der Waals surface area contributed by atoms with Gasteiger partial charge in [-0.2, -0.15) is 0 Å². The molecule has 2 aromatic carbocycles. The normalized spacial score (nSPS) is 16.6. The molecule has 2 aliphatic rings. The number of thioether (sulfide) groups is 1. The Kier molecular flexibility index (Phi) is 6.60. The number of piperazine rings is 1. The summed E-state index contributed by atoms with van der Waals surface area (Å²) in [5.74, 6) is 1.71. The van der Waals surface area contributed by atoms with Gasteiger partial charge in [-0.05, 0) is 37.6 Å². The summed E-state index contributed by atoms with van der Waals surface area (Å²) in [4.78, 5) is 26.9. The summed E-state index contributed by atoms with van der Waals surface area (Å²) < 4.78 is 0. The molecule has 1 aliphatic heterocycles. The van der Waals surface area contributed by atoms with Gasteiger partial charge >= 0.3 is 0 Å². The molecule has 1 aromatic heterocycles. The molecular weight excluding hydrogens is 430 g/mol. The van der Waals surface area contributed by atoms with E-state index < -0.39 is 0 Å². The third-order valence-corrected chi connectivity index (χ3v) is 6.98. The van der Waals surface area contributed by atoms with E-state index >= 15 is 0 Å². The van der Waals surface area contributed by atoms with Gasteiger partial charge in [0, 0.05) is 55.2 Å². The largest absolute Gasteiger partial charge is 0.354 e. The van der Waals surface area contributed by atoms with Crippen molar-refractivity contribution in [2.75, 3.05) is 38.1 Å². The van der Waals surface area contributed by atoms with E-state index in [1.54, 1.807) is 11.8 Å². The SMILES string of the molecule is CN1CCN(c2cc(-c3ccccc3)nc(SCc3cccc(C(=O)NC4CC4)c3)n2)CC1. The maximum Gasteiger partial charge on any atom is 0.251 e. The van der Waals surface area contributed by atoms with E-state index in [9.17, 15) is 4.79 Å². The molecule has 0 spiro atoms. The average molecular weight is 460 g/mol. The molecule has 0 atom stereocenters.